The fourth-order valence-corrected chi connectivity index (χ4v) is 1.71. The summed E-state index contributed by atoms with van der Waals surface area (Å²) >= 11 is 0. The van der Waals surface area contributed by atoms with Crippen molar-refractivity contribution >= 4 is 10.1 Å². The largest absolute Gasteiger partial charge is 0.391 e. The summed E-state index contributed by atoms with van der Waals surface area (Å²) in [5.41, 5.74) is 0. The van der Waals surface area contributed by atoms with Gasteiger partial charge in [0.2, 0.25) is 0 Å². The summed E-state index contributed by atoms with van der Waals surface area (Å²) < 4.78 is 25.7. The number of rotatable bonds is 10. The average Bonchev–Trinajstić information content (AvgIpc) is 2.19. The Morgan fingerprint density at radius 1 is 1.00 bits per heavy atom. The molecule has 0 aliphatic heterocycles. The van der Waals surface area contributed by atoms with Crippen molar-refractivity contribution in [3.05, 3.63) is 12.3 Å². The molecule has 0 heterocycles. The Morgan fingerprint density at radius 2 is 1.56 bits per heavy atom. The van der Waals surface area contributed by atoms with Gasteiger partial charge in [0.05, 0.1) is 6.26 Å². The second-order valence-electron chi connectivity index (χ2n) is 4.08. The molecule has 96 valence electrons. The van der Waals surface area contributed by atoms with Crippen molar-refractivity contribution < 1.29 is 12.6 Å². The minimum Gasteiger partial charge on any atom is -0.391 e. The van der Waals surface area contributed by atoms with E-state index < -0.39 is 10.1 Å². The van der Waals surface area contributed by atoms with Crippen LogP contribution in [0.25, 0.3) is 0 Å². The minimum atomic E-state index is -3.32. The van der Waals surface area contributed by atoms with Crippen LogP contribution in [-0.2, 0) is 14.3 Å². The maximum Gasteiger partial charge on any atom is 0.305 e. The molecule has 0 unspecified atom stereocenters. The van der Waals surface area contributed by atoms with Crippen molar-refractivity contribution in [3.63, 3.8) is 0 Å². The highest BCUT2D eigenvalue weighted by Gasteiger charge is 1.95. The highest BCUT2D eigenvalue weighted by atomic mass is 32.2. The van der Waals surface area contributed by atoms with Crippen LogP contribution in [0.4, 0.5) is 0 Å². The molecule has 0 aromatic heterocycles. The van der Waals surface area contributed by atoms with Gasteiger partial charge in [-0.1, -0.05) is 45.4 Å². The van der Waals surface area contributed by atoms with Gasteiger partial charge in [-0.25, -0.2) is 0 Å². The molecule has 0 saturated carbocycles. The molecule has 0 spiro atoms. The SMILES string of the molecule is CCCCCCCCCC=COS(C)(=O)=O. The lowest BCUT2D eigenvalue weighted by molar-refractivity contribution is 0.447. The van der Waals surface area contributed by atoms with Crippen LogP contribution < -0.4 is 0 Å². The van der Waals surface area contributed by atoms with E-state index in [1.54, 1.807) is 6.08 Å². The van der Waals surface area contributed by atoms with E-state index in [1.807, 2.05) is 0 Å². The van der Waals surface area contributed by atoms with Gasteiger partial charge in [0.25, 0.3) is 0 Å². The summed E-state index contributed by atoms with van der Waals surface area (Å²) in [4.78, 5) is 0. The molecular formula is C12H24O3S. The zero-order chi connectivity index (χ0) is 12.3. The van der Waals surface area contributed by atoms with E-state index in [0.717, 1.165) is 19.1 Å². The Kier molecular flexibility index (Phi) is 9.39. The summed E-state index contributed by atoms with van der Waals surface area (Å²) in [7, 11) is -3.32. The third-order valence-corrected chi connectivity index (χ3v) is 2.76. The number of allylic oxidation sites excluding steroid dienone is 1. The monoisotopic (exact) mass is 248 g/mol. The molecule has 0 radical (unpaired) electrons. The first-order valence-corrected chi connectivity index (χ1v) is 7.91. The molecule has 0 saturated heterocycles. The van der Waals surface area contributed by atoms with Gasteiger partial charge in [-0.3, -0.25) is 0 Å². The lowest BCUT2D eigenvalue weighted by Crippen LogP contribution is -1.95. The van der Waals surface area contributed by atoms with Gasteiger partial charge in [0, 0.05) is 0 Å². The summed E-state index contributed by atoms with van der Waals surface area (Å²) in [6.45, 7) is 2.21. The van der Waals surface area contributed by atoms with Crippen LogP contribution in [0.3, 0.4) is 0 Å². The van der Waals surface area contributed by atoms with E-state index in [2.05, 4.69) is 11.1 Å². The fourth-order valence-electron chi connectivity index (χ4n) is 1.43. The topological polar surface area (TPSA) is 43.4 Å². The van der Waals surface area contributed by atoms with Gasteiger partial charge in [-0.15, -0.1) is 0 Å². The Morgan fingerprint density at radius 3 is 2.12 bits per heavy atom. The summed E-state index contributed by atoms with van der Waals surface area (Å²) in [6.07, 6.45) is 13.9. The normalized spacial score (nSPS) is 12.1. The van der Waals surface area contributed by atoms with Crippen molar-refractivity contribution in [1.29, 1.82) is 0 Å². The predicted octanol–water partition coefficient (Wildman–Crippen LogP) is 3.62. The first kappa shape index (κ1) is 15.5. The average molecular weight is 248 g/mol. The van der Waals surface area contributed by atoms with Crippen LogP contribution in [0, 0.1) is 0 Å². The molecular weight excluding hydrogens is 224 g/mol. The van der Waals surface area contributed by atoms with E-state index in [4.69, 9.17) is 0 Å². The Labute approximate surface area is 100 Å². The predicted molar refractivity (Wildman–Crippen MR) is 67.7 cm³/mol. The second kappa shape index (κ2) is 9.70. The van der Waals surface area contributed by atoms with E-state index >= 15 is 0 Å². The van der Waals surface area contributed by atoms with E-state index in [9.17, 15) is 8.42 Å². The van der Waals surface area contributed by atoms with Gasteiger partial charge < -0.3 is 4.18 Å². The molecule has 3 nitrogen and oxygen atoms in total. The zero-order valence-corrected chi connectivity index (χ0v) is 11.3. The van der Waals surface area contributed by atoms with Gasteiger partial charge >= 0.3 is 10.1 Å². The molecule has 0 aliphatic rings. The van der Waals surface area contributed by atoms with E-state index in [-0.39, 0.29) is 0 Å². The van der Waals surface area contributed by atoms with Crippen molar-refractivity contribution in [2.45, 2.75) is 58.3 Å². The molecule has 4 heteroatoms. The molecule has 0 amide bonds. The number of hydrogen-bond acceptors (Lipinski definition) is 3. The minimum absolute atomic E-state index is 0.892. The van der Waals surface area contributed by atoms with Crippen molar-refractivity contribution in [1.82, 2.24) is 0 Å². The van der Waals surface area contributed by atoms with Crippen LogP contribution in [0.15, 0.2) is 12.3 Å². The molecule has 0 N–H and O–H groups in total. The lowest BCUT2D eigenvalue weighted by atomic mass is 10.1. The van der Waals surface area contributed by atoms with Gasteiger partial charge in [-0.05, 0) is 18.9 Å². The summed E-state index contributed by atoms with van der Waals surface area (Å²) in [6, 6.07) is 0. The smallest absolute Gasteiger partial charge is 0.305 e. The molecule has 0 fully saturated rings. The summed E-state index contributed by atoms with van der Waals surface area (Å²) in [5.74, 6) is 0. The van der Waals surface area contributed by atoms with Gasteiger partial charge in [0.15, 0.2) is 0 Å². The molecule has 0 atom stereocenters. The lowest BCUT2D eigenvalue weighted by Gasteiger charge is -1.99. The molecule has 16 heavy (non-hydrogen) atoms. The summed E-state index contributed by atoms with van der Waals surface area (Å²) in [5, 5.41) is 0. The first-order chi connectivity index (χ1) is 7.56. The Bertz CT molecular complexity index is 268. The first-order valence-electron chi connectivity index (χ1n) is 6.09. The number of unbranched alkanes of at least 4 members (excludes halogenated alkanes) is 7. The van der Waals surface area contributed by atoms with Crippen molar-refractivity contribution in [2.24, 2.45) is 0 Å². The van der Waals surface area contributed by atoms with Crippen LogP contribution in [0.5, 0.6) is 0 Å². The molecule has 0 bridgehead atoms. The van der Waals surface area contributed by atoms with Crippen molar-refractivity contribution in [3.8, 4) is 0 Å². The van der Waals surface area contributed by atoms with Crippen LogP contribution in [0.1, 0.15) is 58.3 Å². The number of hydrogen-bond donors (Lipinski definition) is 0. The fraction of sp³-hybridized carbons (Fsp3) is 0.833. The highest BCUT2D eigenvalue weighted by Crippen LogP contribution is 2.08. The third kappa shape index (κ3) is 13.5. The second-order valence-corrected chi connectivity index (χ2v) is 5.68. The highest BCUT2D eigenvalue weighted by molar-refractivity contribution is 7.86. The van der Waals surface area contributed by atoms with Gasteiger partial charge in [0.1, 0.15) is 6.26 Å². The standard InChI is InChI=1S/C12H24O3S/c1-3-4-5-6-7-8-9-10-11-12-15-16(2,13)14/h11-12H,3-10H2,1-2H3. The molecule has 0 rings (SSSR count). The van der Waals surface area contributed by atoms with E-state index in [0.29, 0.717) is 0 Å². The molecule has 0 aliphatic carbocycles. The zero-order valence-electron chi connectivity index (χ0n) is 10.4. The quantitative estimate of drug-likeness (QED) is 0.337. The van der Waals surface area contributed by atoms with Crippen LogP contribution >= 0.6 is 0 Å². The Hall–Kier alpha value is -0.510. The molecule has 0 aromatic rings. The Balaban J connectivity index is 3.21. The van der Waals surface area contributed by atoms with Crippen LogP contribution in [0.2, 0.25) is 0 Å². The van der Waals surface area contributed by atoms with Crippen LogP contribution in [-0.4, -0.2) is 14.7 Å². The molecule has 0 aromatic carbocycles. The van der Waals surface area contributed by atoms with Gasteiger partial charge in [-0.2, -0.15) is 8.42 Å². The van der Waals surface area contributed by atoms with Crippen molar-refractivity contribution in [2.75, 3.05) is 6.26 Å². The maximum absolute atomic E-state index is 10.6. The third-order valence-electron chi connectivity index (χ3n) is 2.30. The van der Waals surface area contributed by atoms with E-state index in [1.165, 1.54) is 44.8 Å². The maximum atomic E-state index is 10.6.